The molecule has 9 heteroatoms. The van der Waals surface area contributed by atoms with Gasteiger partial charge in [-0.05, 0) is 52.8 Å². The van der Waals surface area contributed by atoms with Crippen LogP contribution in [0, 0.1) is 14.9 Å². The largest absolute Gasteiger partial charge is 0.481 e. The maximum atomic E-state index is 9.51. The molecule has 34 heavy (non-hydrogen) atoms. The summed E-state index contributed by atoms with van der Waals surface area (Å²) in [6.07, 6.45) is 8.60. The highest BCUT2D eigenvalue weighted by Gasteiger charge is 2.44. The van der Waals surface area contributed by atoms with Crippen LogP contribution in [-0.4, -0.2) is 56.8 Å². The number of rotatable bonds is 5. The van der Waals surface area contributed by atoms with E-state index in [9.17, 15) is 5.26 Å². The van der Waals surface area contributed by atoms with E-state index in [1.165, 1.54) is 12.0 Å². The van der Waals surface area contributed by atoms with Crippen LogP contribution in [0.1, 0.15) is 17.5 Å². The van der Waals surface area contributed by atoms with Gasteiger partial charge in [0.2, 0.25) is 5.88 Å². The molecule has 0 amide bonds. The standard InChI is InChI=1S/C25H22IN7O/c1-34-24-5-2-16(9-29-24)12-32-20-7-21(32)15-31(14-20)23-4-3-17(10-28-23)22-6-19(26)13-33-25(22)18(8-27)11-30-33/h2-6,9-11,13,20-21H,7,12,14-15H2,1H3. The van der Waals surface area contributed by atoms with Gasteiger partial charge in [-0.1, -0.05) is 6.07 Å². The molecule has 0 N–H and O–H groups in total. The van der Waals surface area contributed by atoms with E-state index >= 15 is 0 Å². The van der Waals surface area contributed by atoms with Crippen molar-refractivity contribution in [3.8, 4) is 23.1 Å². The van der Waals surface area contributed by atoms with Crippen molar-refractivity contribution in [1.82, 2.24) is 24.5 Å². The first kappa shape index (κ1) is 21.3. The van der Waals surface area contributed by atoms with Gasteiger partial charge in [-0.25, -0.2) is 14.5 Å². The third-order valence-electron chi connectivity index (χ3n) is 6.80. The summed E-state index contributed by atoms with van der Waals surface area (Å²) in [5.41, 5.74) is 4.56. The zero-order valence-corrected chi connectivity index (χ0v) is 20.8. The fourth-order valence-corrected chi connectivity index (χ4v) is 5.67. The van der Waals surface area contributed by atoms with Gasteiger partial charge in [-0.3, -0.25) is 4.90 Å². The number of hydrogen-bond donors (Lipinski definition) is 0. The van der Waals surface area contributed by atoms with Gasteiger partial charge in [0, 0.05) is 71.1 Å². The van der Waals surface area contributed by atoms with Crippen molar-refractivity contribution in [3.63, 3.8) is 0 Å². The molecule has 3 aliphatic heterocycles. The van der Waals surface area contributed by atoms with Crippen LogP contribution in [0.2, 0.25) is 0 Å². The molecule has 3 aliphatic rings. The van der Waals surface area contributed by atoms with E-state index in [1.54, 1.807) is 17.8 Å². The van der Waals surface area contributed by atoms with Crippen LogP contribution < -0.4 is 9.64 Å². The van der Waals surface area contributed by atoms with Crippen LogP contribution in [0.25, 0.3) is 16.6 Å². The van der Waals surface area contributed by atoms with Gasteiger partial charge < -0.3 is 9.64 Å². The summed E-state index contributed by atoms with van der Waals surface area (Å²) in [4.78, 5) is 14.1. The van der Waals surface area contributed by atoms with Crippen LogP contribution in [0.15, 0.2) is 55.1 Å². The highest BCUT2D eigenvalue weighted by molar-refractivity contribution is 14.1. The summed E-state index contributed by atoms with van der Waals surface area (Å²) in [6, 6.07) is 13.6. The van der Waals surface area contributed by atoms with Crippen molar-refractivity contribution in [2.75, 3.05) is 25.1 Å². The Bertz CT molecular complexity index is 1380. The van der Waals surface area contributed by atoms with Gasteiger partial charge in [0.1, 0.15) is 11.9 Å². The first-order valence-corrected chi connectivity index (χ1v) is 12.2. The molecule has 2 atom stereocenters. The maximum absolute atomic E-state index is 9.51. The molecule has 4 aromatic heterocycles. The molecule has 0 spiro atoms. The number of aromatic nitrogens is 4. The fraction of sp³-hybridized carbons (Fsp3) is 0.280. The number of piperidine rings is 1. The average molecular weight is 563 g/mol. The molecule has 4 aromatic rings. The lowest BCUT2D eigenvalue weighted by atomic mass is 9.87. The van der Waals surface area contributed by atoms with Crippen molar-refractivity contribution in [2.45, 2.75) is 25.0 Å². The number of nitrogens with zero attached hydrogens (tertiary/aromatic N) is 7. The molecule has 170 valence electrons. The molecule has 3 saturated heterocycles. The minimum Gasteiger partial charge on any atom is -0.481 e. The van der Waals surface area contributed by atoms with E-state index in [0.29, 0.717) is 23.5 Å². The van der Waals surface area contributed by atoms with E-state index in [-0.39, 0.29) is 0 Å². The molecule has 0 radical (unpaired) electrons. The maximum Gasteiger partial charge on any atom is 0.212 e. The second-order valence-corrected chi connectivity index (χ2v) is 10.0. The zero-order chi connectivity index (χ0) is 23.2. The number of piperazine rings is 1. The average Bonchev–Trinajstić information content (AvgIpc) is 3.30. The molecule has 0 saturated carbocycles. The Balaban J connectivity index is 1.18. The Hall–Kier alpha value is -3.23. The summed E-state index contributed by atoms with van der Waals surface area (Å²) in [5.74, 6) is 1.65. The van der Waals surface area contributed by atoms with Gasteiger partial charge in [-0.15, -0.1) is 0 Å². The molecule has 8 nitrogen and oxygen atoms in total. The molecule has 0 aromatic carbocycles. The Kier molecular flexibility index (Phi) is 5.34. The summed E-state index contributed by atoms with van der Waals surface area (Å²) >= 11 is 2.28. The zero-order valence-electron chi connectivity index (χ0n) is 18.6. The van der Waals surface area contributed by atoms with Crippen molar-refractivity contribution < 1.29 is 4.74 Å². The van der Waals surface area contributed by atoms with Crippen molar-refractivity contribution in [2.24, 2.45) is 0 Å². The van der Waals surface area contributed by atoms with Crippen LogP contribution in [-0.2, 0) is 6.54 Å². The van der Waals surface area contributed by atoms with E-state index < -0.39 is 0 Å². The summed E-state index contributed by atoms with van der Waals surface area (Å²) in [6.45, 7) is 2.87. The predicted octanol–water partition coefficient (Wildman–Crippen LogP) is 3.74. The number of nitriles is 1. The topological polar surface area (TPSA) is 82.6 Å². The van der Waals surface area contributed by atoms with Crippen LogP contribution >= 0.6 is 22.6 Å². The van der Waals surface area contributed by atoms with Crippen LogP contribution in [0.3, 0.4) is 0 Å². The molecule has 3 fully saturated rings. The van der Waals surface area contributed by atoms with Gasteiger partial charge >= 0.3 is 0 Å². The smallest absolute Gasteiger partial charge is 0.212 e. The molecule has 7 heterocycles. The number of ether oxygens (including phenoxy) is 1. The number of hydrogen-bond acceptors (Lipinski definition) is 7. The van der Waals surface area contributed by atoms with Crippen LogP contribution in [0.4, 0.5) is 5.82 Å². The van der Waals surface area contributed by atoms with E-state index in [1.807, 2.05) is 24.7 Å². The number of halogens is 1. The molecular formula is C25H22IN7O. The highest BCUT2D eigenvalue weighted by atomic mass is 127. The minimum atomic E-state index is 0.530. The number of anilines is 1. The number of fused-ring (bicyclic) bond motifs is 3. The normalized spacial score (nSPS) is 19.6. The Labute approximate surface area is 210 Å². The van der Waals surface area contributed by atoms with Crippen molar-refractivity contribution in [3.05, 3.63) is 69.8 Å². The Morgan fingerprint density at radius 3 is 2.65 bits per heavy atom. The number of methoxy groups -OCH3 is 1. The molecule has 2 unspecified atom stereocenters. The molecule has 0 aliphatic carbocycles. The van der Waals surface area contributed by atoms with Crippen LogP contribution in [0.5, 0.6) is 5.88 Å². The van der Waals surface area contributed by atoms with E-state index in [2.05, 4.69) is 72.8 Å². The lowest BCUT2D eigenvalue weighted by molar-refractivity contribution is -0.00876. The predicted molar refractivity (Wildman–Crippen MR) is 137 cm³/mol. The lowest BCUT2D eigenvalue weighted by Crippen LogP contribution is -2.68. The minimum absolute atomic E-state index is 0.530. The molecule has 2 bridgehead atoms. The van der Waals surface area contributed by atoms with E-state index in [0.717, 1.165) is 45.7 Å². The summed E-state index contributed by atoms with van der Waals surface area (Å²) in [7, 11) is 1.64. The number of pyridine rings is 3. The third-order valence-corrected chi connectivity index (χ3v) is 7.39. The van der Waals surface area contributed by atoms with Gasteiger partial charge in [0.15, 0.2) is 0 Å². The molecular weight excluding hydrogens is 541 g/mol. The summed E-state index contributed by atoms with van der Waals surface area (Å²) < 4.78 is 7.99. The van der Waals surface area contributed by atoms with Gasteiger partial charge in [-0.2, -0.15) is 10.4 Å². The second-order valence-electron chi connectivity index (χ2n) is 8.77. The lowest BCUT2D eigenvalue weighted by Gasteiger charge is -2.56. The van der Waals surface area contributed by atoms with Crippen molar-refractivity contribution in [1.29, 1.82) is 5.26 Å². The SMILES string of the molecule is COc1ccc(CN2C3CC2CN(c2ccc(-c4cc(I)cn5ncc(C#N)c45)cn2)C3)cn1. The second kappa shape index (κ2) is 8.52. The quantitative estimate of drug-likeness (QED) is 0.343. The van der Waals surface area contributed by atoms with Gasteiger partial charge in [0.25, 0.3) is 0 Å². The Morgan fingerprint density at radius 2 is 1.97 bits per heavy atom. The van der Waals surface area contributed by atoms with E-state index in [4.69, 9.17) is 9.72 Å². The monoisotopic (exact) mass is 563 g/mol. The first-order chi connectivity index (χ1) is 16.6. The Morgan fingerprint density at radius 1 is 1.12 bits per heavy atom. The molecule has 7 rings (SSSR count). The highest BCUT2D eigenvalue weighted by Crippen LogP contribution is 2.36. The summed E-state index contributed by atoms with van der Waals surface area (Å²) in [5, 5.41) is 13.8. The van der Waals surface area contributed by atoms with Gasteiger partial charge in [0.05, 0.1) is 24.4 Å². The van der Waals surface area contributed by atoms with Crippen molar-refractivity contribution >= 4 is 33.9 Å². The first-order valence-electron chi connectivity index (χ1n) is 11.2. The fourth-order valence-electron chi connectivity index (χ4n) is 5.09. The third kappa shape index (κ3) is 3.67.